The zero-order chi connectivity index (χ0) is 9.97. The van der Waals surface area contributed by atoms with Crippen LogP contribution in [0.5, 0.6) is 0 Å². The van der Waals surface area contributed by atoms with Gasteiger partial charge in [-0.15, -0.1) is 0 Å². The Hall–Kier alpha value is -0.340. The highest BCUT2D eigenvalue weighted by molar-refractivity contribution is 8.00. The molecule has 14 heavy (non-hydrogen) atoms. The first kappa shape index (κ1) is 10.2. The van der Waals surface area contributed by atoms with Crippen LogP contribution < -0.4 is 5.32 Å². The van der Waals surface area contributed by atoms with Gasteiger partial charge in [0.15, 0.2) is 0 Å². The number of benzene rings is 1. The monoisotopic (exact) mass is 227 g/mol. The lowest BCUT2D eigenvalue weighted by molar-refractivity contribution is 0.724. The molecule has 1 fully saturated rings. The summed E-state index contributed by atoms with van der Waals surface area (Å²) in [4.78, 5) is 0. The van der Waals surface area contributed by atoms with E-state index in [1.165, 1.54) is 12.2 Å². The fraction of sp³-hybridized carbons (Fsp3) is 0.455. The fourth-order valence-electron chi connectivity index (χ4n) is 1.71. The summed E-state index contributed by atoms with van der Waals surface area (Å²) in [6.45, 7) is 2.28. The second-order valence-corrected chi connectivity index (χ2v) is 5.55. The van der Waals surface area contributed by atoms with Crippen LogP contribution in [0.1, 0.15) is 13.3 Å². The Kier molecular flexibility index (Phi) is 3.24. The van der Waals surface area contributed by atoms with Gasteiger partial charge in [-0.1, -0.05) is 24.6 Å². The van der Waals surface area contributed by atoms with Crippen LogP contribution in [-0.2, 0) is 0 Å². The van der Waals surface area contributed by atoms with E-state index in [1.807, 2.05) is 30.0 Å². The van der Waals surface area contributed by atoms with Crippen molar-refractivity contribution < 1.29 is 0 Å². The fourth-order valence-corrected chi connectivity index (χ4v) is 3.10. The molecular weight excluding hydrogens is 214 g/mol. The number of hydrogen-bond acceptors (Lipinski definition) is 2. The Morgan fingerprint density at radius 1 is 1.50 bits per heavy atom. The van der Waals surface area contributed by atoms with Gasteiger partial charge in [0.1, 0.15) is 0 Å². The van der Waals surface area contributed by atoms with E-state index in [-0.39, 0.29) is 0 Å². The molecule has 76 valence electrons. The minimum absolute atomic E-state index is 0.596. The highest BCUT2D eigenvalue weighted by atomic mass is 35.5. The van der Waals surface area contributed by atoms with Crippen LogP contribution in [0.3, 0.4) is 0 Å². The van der Waals surface area contributed by atoms with E-state index in [9.17, 15) is 0 Å². The summed E-state index contributed by atoms with van der Waals surface area (Å²) >= 11 is 7.95. The number of rotatable bonds is 2. The molecule has 1 heterocycles. The lowest BCUT2D eigenvalue weighted by atomic mass is 10.1. The van der Waals surface area contributed by atoms with E-state index in [0.717, 1.165) is 10.7 Å². The number of nitrogens with one attached hydrogen (secondary N) is 1. The van der Waals surface area contributed by atoms with Crippen molar-refractivity contribution in [3.05, 3.63) is 29.3 Å². The molecule has 2 unspecified atom stereocenters. The van der Waals surface area contributed by atoms with Crippen LogP contribution in [0, 0.1) is 0 Å². The quantitative estimate of drug-likeness (QED) is 0.828. The van der Waals surface area contributed by atoms with Crippen molar-refractivity contribution in [2.24, 2.45) is 0 Å². The minimum Gasteiger partial charge on any atom is -0.381 e. The van der Waals surface area contributed by atoms with Gasteiger partial charge in [-0.25, -0.2) is 0 Å². The van der Waals surface area contributed by atoms with Crippen LogP contribution in [0.25, 0.3) is 0 Å². The van der Waals surface area contributed by atoms with Crippen LogP contribution in [0.2, 0.25) is 5.02 Å². The molecule has 1 aromatic rings. The van der Waals surface area contributed by atoms with Gasteiger partial charge in [-0.2, -0.15) is 11.8 Å². The van der Waals surface area contributed by atoms with E-state index in [2.05, 4.69) is 18.3 Å². The van der Waals surface area contributed by atoms with Gasteiger partial charge in [-0.05, 0) is 30.4 Å². The lowest BCUT2D eigenvalue weighted by Gasteiger charge is -2.17. The minimum atomic E-state index is 0.596. The highest BCUT2D eigenvalue weighted by Gasteiger charge is 2.23. The van der Waals surface area contributed by atoms with E-state index in [0.29, 0.717) is 11.3 Å². The molecule has 1 nitrogen and oxygen atoms in total. The third kappa shape index (κ3) is 2.37. The molecule has 0 radical (unpaired) electrons. The number of thioether (sulfide) groups is 1. The summed E-state index contributed by atoms with van der Waals surface area (Å²) in [6.07, 6.45) is 1.25. The number of halogens is 1. The van der Waals surface area contributed by atoms with Crippen molar-refractivity contribution in [2.45, 2.75) is 24.6 Å². The first-order chi connectivity index (χ1) is 6.75. The summed E-state index contributed by atoms with van der Waals surface area (Å²) < 4.78 is 0. The average molecular weight is 228 g/mol. The maximum atomic E-state index is 5.92. The molecule has 0 amide bonds. The Balaban J connectivity index is 2.03. The van der Waals surface area contributed by atoms with Crippen molar-refractivity contribution in [3.8, 4) is 0 Å². The Morgan fingerprint density at radius 3 is 3.00 bits per heavy atom. The van der Waals surface area contributed by atoms with Crippen LogP contribution >= 0.6 is 23.4 Å². The van der Waals surface area contributed by atoms with Gasteiger partial charge in [0.25, 0.3) is 0 Å². The van der Waals surface area contributed by atoms with Gasteiger partial charge >= 0.3 is 0 Å². The molecule has 1 N–H and O–H groups in total. The maximum Gasteiger partial charge on any atom is 0.0426 e. The first-order valence-electron chi connectivity index (χ1n) is 4.89. The molecule has 2 atom stereocenters. The maximum absolute atomic E-state index is 5.92. The molecule has 0 aromatic heterocycles. The molecule has 1 saturated heterocycles. The molecule has 0 spiro atoms. The largest absolute Gasteiger partial charge is 0.381 e. The van der Waals surface area contributed by atoms with Gasteiger partial charge < -0.3 is 5.32 Å². The summed E-state index contributed by atoms with van der Waals surface area (Å²) in [5.41, 5.74) is 1.14. The normalized spacial score (nSPS) is 26.4. The SMILES string of the molecule is CC1SCCC1Nc1cccc(Cl)c1. The molecule has 0 saturated carbocycles. The van der Waals surface area contributed by atoms with E-state index in [4.69, 9.17) is 11.6 Å². The highest BCUT2D eigenvalue weighted by Crippen LogP contribution is 2.29. The number of hydrogen-bond donors (Lipinski definition) is 1. The third-order valence-electron chi connectivity index (χ3n) is 2.55. The Morgan fingerprint density at radius 2 is 2.36 bits per heavy atom. The summed E-state index contributed by atoms with van der Waals surface area (Å²) in [6, 6.07) is 8.54. The van der Waals surface area contributed by atoms with Gasteiger partial charge in [-0.3, -0.25) is 0 Å². The summed E-state index contributed by atoms with van der Waals surface area (Å²) in [5, 5.41) is 5.03. The molecular formula is C11H14ClNS. The van der Waals surface area contributed by atoms with Crippen LogP contribution in [0.15, 0.2) is 24.3 Å². The molecule has 1 aliphatic rings. The van der Waals surface area contributed by atoms with Gasteiger partial charge in [0.2, 0.25) is 0 Å². The molecule has 2 rings (SSSR count). The molecule has 3 heteroatoms. The van der Waals surface area contributed by atoms with E-state index >= 15 is 0 Å². The van der Waals surface area contributed by atoms with Crippen molar-refractivity contribution in [1.29, 1.82) is 0 Å². The van der Waals surface area contributed by atoms with Crippen molar-refractivity contribution in [2.75, 3.05) is 11.1 Å². The van der Waals surface area contributed by atoms with E-state index in [1.54, 1.807) is 0 Å². The lowest BCUT2D eigenvalue weighted by Crippen LogP contribution is -2.24. The number of anilines is 1. The average Bonchev–Trinajstić information content (AvgIpc) is 2.52. The molecule has 0 aliphatic carbocycles. The second-order valence-electron chi connectivity index (χ2n) is 3.63. The van der Waals surface area contributed by atoms with Gasteiger partial charge in [0.05, 0.1) is 0 Å². The second kappa shape index (κ2) is 4.45. The zero-order valence-electron chi connectivity index (χ0n) is 8.16. The predicted molar refractivity (Wildman–Crippen MR) is 65.4 cm³/mol. The third-order valence-corrected chi connectivity index (χ3v) is 4.11. The van der Waals surface area contributed by atoms with Crippen molar-refractivity contribution >= 4 is 29.1 Å². The van der Waals surface area contributed by atoms with E-state index < -0.39 is 0 Å². The Labute approximate surface area is 94.2 Å². The molecule has 1 aromatic carbocycles. The van der Waals surface area contributed by atoms with Crippen molar-refractivity contribution in [3.63, 3.8) is 0 Å². The summed E-state index contributed by atoms with van der Waals surface area (Å²) in [7, 11) is 0. The standard InChI is InChI=1S/C11H14ClNS/c1-8-11(5-6-14-8)13-10-4-2-3-9(12)7-10/h2-4,7-8,11,13H,5-6H2,1H3. The zero-order valence-corrected chi connectivity index (χ0v) is 9.74. The predicted octanol–water partition coefficient (Wildman–Crippen LogP) is 3.65. The molecule has 0 bridgehead atoms. The summed E-state index contributed by atoms with van der Waals surface area (Å²) in [5.74, 6) is 1.26. The van der Waals surface area contributed by atoms with Crippen LogP contribution in [0.4, 0.5) is 5.69 Å². The first-order valence-corrected chi connectivity index (χ1v) is 6.32. The van der Waals surface area contributed by atoms with Crippen molar-refractivity contribution in [1.82, 2.24) is 0 Å². The Bertz CT molecular complexity index is 316. The smallest absolute Gasteiger partial charge is 0.0426 e. The molecule has 1 aliphatic heterocycles. The topological polar surface area (TPSA) is 12.0 Å². The van der Waals surface area contributed by atoms with Crippen LogP contribution in [-0.4, -0.2) is 17.0 Å². The van der Waals surface area contributed by atoms with Gasteiger partial charge in [0, 0.05) is 22.0 Å².